The van der Waals surface area contributed by atoms with Crippen LogP contribution in [0.2, 0.25) is 0 Å². The smallest absolute Gasteiger partial charge is 0.404 e. The average Bonchev–Trinajstić information content (AvgIpc) is 2.83. The Hall–Kier alpha value is -4.07. The Morgan fingerprint density at radius 2 is 1.73 bits per heavy atom. The van der Waals surface area contributed by atoms with Crippen LogP contribution < -0.4 is 14.8 Å². The molecule has 0 fully saturated rings. The Bertz CT molecular complexity index is 1090. The lowest BCUT2D eigenvalue weighted by Gasteiger charge is -2.23. The number of rotatable bonds is 10. The summed E-state index contributed by atoms with van der Waals surface area (Å²) >= 11 is 0. The van der Waals surface area contributed by atoms with Crippen LogP contribution in [0, 0.1) is 5.82 Å². The summed E-state index contributed by atoms with van der Waals surface area (Å²) in [4.78, 5) is 25.4. The lowest BCUT2D eigenvalue weighted by molar-refractivity contribution is 0.0743. The quantitative estimate of drug-likeness (QED) is 0.478. The molecule has 0 radical (unpaired) electrons. The van der Waals surface area contributed by atoms with Crippen molar-refractivity contribution in [3.05, 3.63) is 95.3 Å². The number of hydrogen-bond donors (Lipinski definition) is 2. The highest BCUT2D eigenvalue weighted by atomic mass is 19.1. The van der Waals surface area contributed by atoms with Crippen LogP contribution in [0.4, 0.5) is 9.18 Å². The molecule has 0 aliphatic heterocycles. The molecule has 172 valence electrons. The molecule has 2 N–H and O–H groups in total. The predicted molar refractivity (Wildman–Crippen MR) is 121 cm³/mol. The van der Waals surface area contributed by atoms with E-state index >= 15 is 0 Å². The molecule has 0 heterocycles. The minimum Gasteiger partial charge on any atom is -0.493 e. The molecule has 0 saturated heterocycles. The molecule has 7 nitrogen and oxygen atoms in total. The van der Waals surface area contributed by atoms with Gasteiger partial charge in [0.25, 0.3) is 5.91 Å². The van der Waals surface area contributed by atoms with Crippen LogP contribution in [0.25, 0.3) is 0 Å². The van der Waals surface area contributed by atoms with Crippen molar-refractivity contribution in [2.24, 2.45) is 0 Å². The zero-order valence-corrected chi connectivity index (χ0v) is 18.2. The van der Waals surface area contributed by atoms with E-state index in [-0.39, 0.29) is 38.0 Å². The number of ether oxygens (including phenoxy) is 2. The fourth-order valence-electron chi connectivity index (χ4n) is 3.23. The Kier molecular flexibility index (Phi) is 8.24. The van der Waals surface area contributed by atoms with Crippen LogP contribution in [-0.2, 0) is 13.2 Å². The number of carbonyl (C=O) groups excluding carboxylic acids is 1. The molecule has 0 atom stereocenters. The normalized spacial score (nSPS) is 10.4. The van der Waals surface area contributed by atoms with Crippen molar-refractivity contribution >= 4 is 12.0 Å². The van der Waals surface area contributed by atoms with Crippen molar-refractivity contribution in [3.63, 3.8) is 0 Å². The lowest BCUT2D eigenvalue weighted by atomic mass is 10.1. The van der Waals surface area contributed by atoms with Gasteiger partial charge in [-0.2, -0.15) is 0 Å². The summed E-state index contributed by atoms with van der Waals surface area (Å²) in [6, 6.07) is 20.4. The standard InChI is InChI=1S/C25H25FN2O5/c1-32-23-15-18(11-12-22(23)33-17-20-9-5-6-10-21(20)26)16-28(14-13-27-25(30)31)24(29)19-7-3-2-4-8-19/h2-12,15,27H,13-14,16-17H2,1H3,(H,30,31). The number of methoxy groups -OCH3 is 1. The molecule has 0 aliphatic rings. The van der Waals surface area contributed by atoms with Gasteiger partial charge >= 0.3 is 6.09 Å². The van der Waals surface area contributed by atoms with E-state index in [2.05, 4.69) is 5.32 Å². The molecule has 0 saturated carbocycles. The van der Waals surface area contributed by atoms with Gasteiger partial charge in [-0.25, -0.2) is 9.18 Å². The van der Waals surface area contributed by atoms with Gasteiger partial charge in [0.2, 0.25) is 0 Å². The first-order valence-corrected chi connectivity index (χ1v) is 10.3. The third-order valence-electron chi connectivity index (χ3n) is 4.91. The van der Waals surface area contributed by atoms with Gasteiger partial charge in [0.15, 0.2) is 11.5 Å². The minimum atomic E-state index is -1.15. The number of halogens is 1. The molecule has 3 rings (SSSR count). The van der Waals surface area contributed by atoms with Gasteiger partial charge in [-0.05, 0) is 35.9 Å². The topological polar surface area (TPSA) is 88.1 Å². The molecule has 0 aliphatic carbocycles. The Balaban J connectivity index is 1.75. The molecule has 33 heavy (non-hydrogen) atoms. The van der Waals surface area contributed by atoms with Gasteiger partial charge in [0.05, 0.1) is 7.11 Å². The van der Waals surface area contributed by atoms with Crippen molar-refractivity contribution in [2.75, 3.05) is 20.2 Å². The summed E-state index contributed by atoms with van der Waals surface area (Å²) in [6.07, 6.45) is -1.15. The summed E-state index contributed by atoms with van der Waals surface area (Å²) < 4.78 is 25.0. The van der Waals surface area contributed by atoms with Crippen LogP contribution in [-0.4, -0.2) is 42.2 Å². The zero-order chi connectivity index (χ0) is 23.6. The fourth-order valence-corrected chi connectivity index (χ4v) is 3.23. The number of hydrogen-bond acceptors (Lipinski definition) is 4. The maximum absolute atomic E-state index is 13.9. The van der Waals surface area contributed by atoms with E-state index in [1.54, 1.807) is 65.6 Å². The van der Waals surface area contributed by atoms with Crippen LogP contribution in [0.1, 0.15) is 21.5 Å². The fraction of sp³-hybridized carbons (Fsp3) is 0.200. The first-order chi connectivity index (χ1) is 16.0. The second kappa shape index (κ2) is 11.5. The van der Waals surface area contributed by atoms with Crippen LogP contribution in [0.3, 0.4) is 0 Å². The molecule has 2 amide bonds. The van der Waals surface area contributed by atoms with Crippen LogP contribution in [0.15, 0.2) is 72.8 Å². The highest BCUT2D eigenvalue weighted by Crippen LogP contribution is 2.29. The van der Waals surface area contributed by atoms with Crippen molar-refractivity contribution in [3.8, 4) is 11.5 Å². The number of nitrogens with one attached hydrogen (secondary N) is 1. The van der Waals surface area contributed by atoms with Crippen molar-refractivity contribution in [2.45, 2.75) is 13.2 Å². The number of nitrogens with zero attached hydrogens (tertiary/aromatic N) is 1. The van der Waals surface area contributed by atoms with Crippen molar-refractivity contribution in [1.82, 2.24) is 10.2 Å². The highest BCUT2D eigenvalue weighted by Gasteiger charge is 2.17. The van der Waals surface area contributed by atoms with Gasteiger partial charge in [-0.3, -0.25) is 4.79 Å². The maximum atomic E-state index is 13.9. The van der Waals surface area contributed by atoms with E-state index < -0.39 is 6.09 Å². The molecule has 3 aromatic carbocycles. The number of amides is 2. The Morgan fingerprint density at radius 1 is 1.00 bits per heavy atom. The predicted octanol–water partition coefficient (Wildman–Crippen LogP) is 4.32. The molecule has 8 heteroatoms. The second-order valence-corrected chi connectivity index (χ2v) is 7.19. The van der Waals surface area contributed by atoms with E-state index in [0.29, 0.717) is 22.6 Å². The number of carbonyl (C=O) groups is 2. The Morgan fingerprint density at radius 3 is 2.42 bits per heavy atom. The van der Waals surface area contributed by atoms with E-state index in [1.165, 1.54) is 13.2 Å². The van der Waals surface area contributed by atoms with Crippen LogP contribution >= 0.6 is 0 Å². The summed E-state index contributed by atoms with van der Waals surface area (Å²) in [7, 11) is 1.50. The summed E-state index contributed by atoms with van der Waals surface area (Å²) in [5.41, 5.74) is 1.70. The number of carboxylic acid groups (broad SMARTS) is 1. The molecular formula is C25H25FN2O5. The maximum Gasteiger partial charge on any atom is 0.404 e. The van der Waals surface area contributed by atoms with E-state index in [9.17, 15) is 14.0 Å². The van der Waals surface area contributed by atoms with E-state index in [0.717, 1.165) is 5.56 Å². The van der Waals surface area contributed by atoms with Gasteiger partial charge < -0.3 is 24.8 Å². The largest absolute Gasteiger partial charge is 0.493 e. The molecule has 3 aromatic rings. The molecular weight excluding hydrogens is 427 g/mol. The van der Waals surface area contributed by atoms with E-state index in [1.807, 2.05) is 6.07 Å². The Labute approximate surface area is 191 Å². The molecule has 0 spiro atoms. The average molecular weight is 452 g/mol. The summed E-state index contributed by atoms with van der Waals surface area (Å²) in [6.45, 7) is 0.559. The van der Waals surface area contributed by atoms with Gasteiger partial charge in [-0.1, -0.05) is 42.5 Å². The third-order valence-corrected chi connectivity index (χ3v) is 4.91. The zero-order valence-electron chi connectivity index (χ0n) is 18.2. The van der Waals surface area contributed by atoms with Gasteiger partial charge in [0, 0.05) is 30.8 Å². The summed E-state index contributed by atoms with van der Waals surface area (Å²) in [5, 5.41) is 11.1. The van der Waals surface area contributed by atoms with Gasteiger partial charge in [0.1, 0.15) is 12.4 Å². The SMILES string of the molecule is COc1cc(CN(CCNC(=O)O)C(=O)c2ccccc2)ccc1OCc1ccccc1F. The van der Waals surface area contributed by atoms with Crippen molar-refractivity contribution < 1.29 is 28.6 Å². The second-order valence-electron chi connectivity index (χ2n) is 7.19. The monoisotopic (exact) mass is 452 g/mol. The van der Waals surface area contributed by atoms with Crippen molar-refractivity contribution in [1.29, 1.82) is 0 Å². The molecule has 0 aromatic heterocycles. The highest BCUT2D eigenvalue weighted by molar-refractivity contribution is 5.94. The van der Waals surface area contributed by atoms with E-state index in [4.69, 9.17) is 14.6 Å². The third kappa shape index (κ3) is 6.70. The number of benzene rings is 3. The molecule has 0 unspecified atom stereocenters. The molecule has 0 bridgehead atoms. The summed E-state index contributed by atoms with van der Waals surface area (Å²) in [5.74, 6) is 0.317. The van der Waals surface area contributed by atoms with Crippen LogP contribution in [0.5, 0.6) is 11.5 Å². The first kappa shape index (κ1) is 23.6. The minimum absolute atomic E-state index is 0.0435. The van der Waals surface area contributed by atoms with Gasteiger partial charge in [-0.15, -0.1) is 0 Å². The lowest BCUT2D eigenvalue weighted by Crippen LogP contribution is -2.37. The first-order valence-electron chi connectivity index (χ1n) is 10.3.